The predicted molar refractivity (Wildman–Crippen MR) is 158 cm³/mol. The minimum absolute atomic E-state index is 0.0583. The minimum atomic E-state index is -0.555. The van der Waals surface area contributed by atoms with Crippen LogP contribution < -0.4 is 21.6 Å². The van der Waals surface area contributed by atoms with Gasteiger partial charge >= 0.3 is 0 Å². The van der Waals surface area contributed by atoms with Crippen molar-refractivity contribution in [2.75, 3.05) is 23.8 Å². The average molecular weight is 632 g/mol. The number of anilines is 3. The van der Waals surface area contributed by atoms with Crippen LogP contribution in [0.15, 0.2) is 60.7 Å². The summed E-state index contributed by atoms with van der Waals surface area (Å²) in [6.07, 6.45) is 4.96. The molecule has 4 aromatic rings. The number of fused-ring (bicyclic) bond motifs is 1. The molecule has 1 saturated heterocycles. The molecule has 2 aliphatic heterocycles. The number of ether oxygens (including phenoxy) is 1. The van der Waals surface area contributed by atoms with Gasteiger partial charge in [-0.15, -0.1) is 5.53 Å². The van der Waals surface area contributed by atoms with Crippen molar-refractivity contribution in [1.29, 1.82) is 5.26 Å². The first kappa shape index (κ1) is 27.6. The standard InChI is InChI=1S/C27H19Cl4FN8O/c28-19-6-24(31)34-9-18(19)27(23-10-40(39-38-23)16-11-41-12-16)37-15-3-17-25(36-14-1-2-22(32)20(29)4-14)13(7-33)8-35-26(17)21(30)5-15/h1-6,8-10,16,27,37-39H,11-12H2,(H,35,36)/t27-/m0/s1. The van der Waals surface area contributed by atoms with Crippen molar-refractivity contribution in [3.05, 3.63) is 97.9 Å². The SMILES string of the molecule is N#Cc1cnc2c(Cl)cc(N[C@H](C3=CN(C4COC4)NN3)c3cnc(Cl)cc3Cl)cc2c1Nc1ccc(F)c(Cl)c1. The van der Waals surface area contributed by atoms with Gasteiger partial charge in [0.25, 0.3) is 0 Å². The lowest BCUT2D eigenvalue weighted by Crippen LogP contribution is -2.52. The molecule has 9 nitrogen and oxygen atoms in total. The Kier molecular flexibility index (Phi) is 7.66. The van der Waals surface area contributed by atoms with Gasteiger partial charge in [-0.3, -0.25) is 9.99 Å². The molecule has 0 radical (unpaired) electrons. The summed E-state index contributed by atoms with van der Waals surface area (Å²) in [5, 5.41) is 19.9. The first-order valence-corrected chi connectivity index (χ1v) is 13.7. The van der Waals surface area contributed by atoms with E-state index in [2.05, 4.69) is 37.6 Å². The van der Waals surface area contributed by atoms with Crippen LogP contribution in [0, 0.1) is 17.1 Å². The molecule has 14 heteroatoms. The maximum Gasteiger partial charge on any atom is 0.141 e. The number of hydrogen-bond acceptors (Lipinski definition) is 9. The second-order valence-electron chi connectivity index (χ2n) is 9.29. The lowest BCUT2D eigenvalue weighted by Gasteiger charge is -2.33. The molecule has 0 bridgehead atoms. The summed E-state index contributed by atoms with van der Waals surface area (Å²) < 4.78 is 19.1. The predicted octanol–water partition coefficient (Wildman–Crippen LogP) is 6.72. The molecule has 4 heterocycles. The van der Waals surface area contributed by atoms with Crippen LogP contribution in [0.1, 0.15) is 17.2 Å². The van der Waals surface area contributed by atoms with E-state index in [9.17, 15) is 9.65 Å². The van der Waals surface area contributed by atoms with Gasteiger partial charge < -0.3 is 20.8 Å². The van der Waals surface area contributed by atoms with Gasteiger partial charge in [-0.25, -0.2) is 9.37 Å². The Morgan fingerprint density at radius 3 is 2.54 bits per heavy atom. The van der Waals surface area contributed by atoms with Gasteiger partial charge in [-0.1, -0.05) is 46.4 Å². The van der Waals surface area contributed by atoms with Crippen LogP contribution in [0.3, 0.4) is 0 Å². The van der Waals surface area contributed by atoms with Crippen LogP contribution in [-0.2, 0) is 4.74 Å². The van der Waals surface area contributed by atoms with Gasteiger partial charge in [0, 0.05) is 40.9 Å². The number of pyridine rings is 2. The summed E-state index contributed by atoms with van der Waals surface area (Å²) in [6, 6.07) is 11.1. The number of rotatable bonds is 7. The highest BCUT2D eigenvalue weighted by Crippen LogP contribution is 2.38. The summed E-state index contributed by atoms with van der Waals surface area (Å²) in [5.41, 5.74) is 9.98. The summed E-state index contributed by atoms with van der Waals surface area (Å²) >= 11 is 25.4. The zero-order chi connectivity index (χ0) is 28.7. The van der Waals surface area contributed by atoms with Crippen LogP contribution in [0.5, 0.6) is 0 Å². The largest absolute Gasteiger partial charge is 0.377 e. The molecule has 6 rings (SSSR count). The molecule has 1 fully saturated rings. The van der Waals surface area contributed by atoms with Crippen molar-refractivity contribution in [2.24, 2.45) is 0 Å². The van der Waals surface area contributed by atoms with Gasteiger partial charge in [0.2, 0.25) is 0 Å². The zero-order valence-electron chi connectivity index (χ0n) is 20.9. The fourth-order valence-electron chi connectivity index (χ4n) is 4.47. The quantitative estimate of drug-likeness (QED) is 0.165. The van der Waals surface area contributed by atoms with Crippen molar-refractivity contribution in [2.45, 2.75) is 12.1 Å². The van der Waals surface area contributed by atoms with Gasteiger partial charge in [0.15, 0.2) is 0 Å². The average Bonchev–Trinajstić information content (AvgIpc) is 3.38. The van der Waals surface area contributed by atoms with Crippen molar-refractivity contribution in [3.8, 4) is 6.07 Å². The highest BCUT2D eigenvalue weighted by atomic mass is 35.5. The molecule has 0 saturated carbocycles. The normalized spacial score (nSPS) is 15.6. The summed E-state index contributed by atoms with van der Waals surface area (Å²) in [5.74, 6) is -0.555. The van der Waals surface area contributed by atoms with Crippen LogP contribution in [0.4, 0.5) is 21.5 Å². The smallest absolute Gasteiger partial charge is 0.141 e. The van der Waals surface area contributed by atoms with E-state index >= 15 is 0 Å². The second kappa shape index (κ2) is 11.4. The Morgan fingerprint density at radius 1 is 1.02 bits per heavy atom. The van der Waals surface area contributed by atoms with Crippen molar-refractivity contribution in [3.63, 3.8) is 0 Å². The van der Waals surface area contributed by atoms with E-state index in [1.165, 1.54) is 24.4 Å². The zero-order valence-corrected chi connectivity index (χ0v) is 23.9. The third kappa shape index (κ3) is 5.53. The van der Waals surface area contributed by atoms with Crippen LogP contribution in [0.2, 0.25) is 20.2 Å². The minimum Gasteiger partial charge on any atom is -0.377 e. The molecule has 1 atom stereocenters. The monoisotopic (exact) mass is 630 g/mol. The Labute approximate surface area is 253 Å². The molecule has 41 heavy (non-hydrogen) atoms. The molecule has 2 aliphatic rings. The molecule has 4 N–H and O–H groups in total. The Bertz CT molecular complexity index is 1740. The van der Waals surface area contributed by atoms with Gasteiger partial charge in [0.05, 0.1) is 62.8 Å². The Hall–Kier alpha value is -3.56. The highest BCUT2D eigenvalue weighted by Gasteiger charge is 2.31. The topological polar surface area (TPSA) is 110 Å². The van der Waals surface area contributed by atoms with Gasteiger partial charge in [-0.2, -0.15) is 5.26 Å². The third-order valence-corrected chi connectivity index (χ3v) is 7.75. The van der Waals surface area contributed by atoms with Gasteiger partial charge in [0.1, 0.15) is 17.0 Å². The lowest BCUT2D eigenvalue weighted by molar-refractivity contribution is -0.0635. The van der Waals surface area contributed by atoms with E-state index in [1.807, 2.05) is 17.3 Å². The summed E-state index contributed by atoms with van der Waals surface area (Å²) in [7, 11) is 0. The van der Waals surface area contributed by atoms with Crippen LogP contribution in [-0.4, -0.2) is 34.2 Å². The molecule has 2 aromatic heterocycles. The van der Waals surface area contributed by atoms with Gasteiger partial charge in [-0.05, 0) is 36.4 Å². The number of nitrogens with zero attached hydrogens (tertiary/aromatic N) is 4. The number of nitriles is 1. The van der Waals surface area contributed by atoms with Crippen molar-refractivity contribution < 1.29 is 9.13 Å². The first-order chi connectivity index (χ1) is 19.8. The maximum absolute atomic E-state index is 13.8. The fraction of sp³-hybridized carbons (Fsp3) is 0.148. The summed E-state index contributed by atoms with van der Waals surface area (Å²) in [4.78, 5) is 8.64. The van der Waals surface area contributed by atoms with E-state index in [1.54, 1.807) is 18.3 Å². The molecule has 0 spiro atoms. The molecule has 0 amide bonds. The molecular weight excluding hydrogens is 613 g/mol. The number of hydrazine groups is 2. The molecule has 0 aliphatic carbocycles. The van der Waals surface area contributed by atoms with E-state index in [0.29, 0.717) is 56.8 Å². The molecular formula is C27H19Cl4FN8O. The number of hydrogen-bond donors (Lipinski definition) is 4. The van der Waals surface area contributed by atoms with E-state index in [-0.39, 0.29) is 21.8 Å². The molecule has 2 aromatic carbocycles. The van der Waals surface area contributed by atoms with E-state index < -0.39 is 11.9 Å². The second-order valence-corrected chi connectivity index (χ2v) is 10.9. The third-order valence-electron chi connectivity index (χ3n) is 6.64. The molecule has 208 valence electrons. The first-order valence-electron chi connectivity index (χ1n) is 12.2. The summed E-state index contributed by atoms with van der Waals surface area (Å²) in [6.45, 7) is 1.20. The highest BCUT2D eigenvalue weighted by molar-refractivity contribution is 6.36. The number of aromatic nitrogens is 2. The molecule has 0 unspecified atom stereocenters. The van der Waals surface area contributed by atoms with Crippen molar-refractivity contribution >= 4 is 74.4 Å². The van der Waals surface area contributed by atoms with Crippen LogP contribution >= 0.6 is 46.4 Å². The Balaban J connectivity index is 1.43. The number of benzene rings is 2. The van der Waals surface area contributed by atoms with E-state index in [4.69, 9.17) is 51.1 Å². The van der Waals surface area contributed by atoms with Crippen LogP contribution in [0.25, 0.3) is 10.9 Å². The fourth-order valence-corrected chi connectivity index (χ4v) is 5.40. The lowest BCUT2D eigenvalue weighted by atomic mass is 10.0. The van der Waals surface area contributed by atoms with E-state index in [0.717, 1.165) is 5.70 Å². The van der Waals surface area contributed by atoms with Crippen molar-refractivity contribution in [1.82, 2.24) is 25.9 Å². The Morgan fingerprint density at radius 2 is 1.83 bits per heavy atom. The number of halogens is 5. The maximum atomic E-state index is 13.8. The number of nitrogens with one attached hydrogen (secondary N) is 4.